The van der Waals surface area contributed by atoms with Gasteiger partial charge in [-0.15, -0.1) is 0 Å². The first kappa shape index (κ1) is 24.0. The van der Waals surface area contributed by atoms with E-state index in [9.17, 15) is 14.7 Å². The minimum Gasteiger partial charge on any atom is -0.504 e. The van der Waals surface area contributed by atoms with Gasteiger partial charge in [-0.3, -0.25) is 14.4 Å². The third-order valence-electron chi connectivity index (χ3n) is 6.31. The van der Waals surface area contributed by atoms with Gasteiger partial charge in [0.1, 0.15) is 11.7 Å². The van der Waals surface area contributed by atoms with Crippen LogP contribution in [0.15, 0.2) is 66.7 Å². The summed E-state index contributed by atoms with van der Waals surface area (Å²) in [7, 11) is 1.45. The molecule has 8 nitrogen and oxygen atoms in total. The Morgan fingerprint density at radius 2 is 1.67 bits per heavy atom. The van der Waals surface area contributed by atoms with Crippen LogP contribution in [0.1, 0.15) is 24.9 Å². The quantitative estimate of drug-likeness (QED) is 0.454. The number of hydrogen-bond donors (Lipinski definition) is 1. The number of benzene rings is 3. The van der Waals surface area contributed by atoms with Crippen molar-refractivity contribution in [2.75, 3.05) is 23.7 Å². The molecule has 0 saturated carbocycles. The number of hydroxylamine groups is 1. The molecule has 0 aromatic heterocycles. The first-order valence-corrected chi connectivity index (χ1v) is 12.0. The van der Waals surface area contributed by atoms with E-state index in [0.29, 0.717) is 34.3 Å². The van der Waals surface area contributed by atoms with E-state index in [2.05, 4.69) is 0 Å². The molecule has 2 saturated heterocycles. The van der Waals surface area contributed by atoms with E-state index in [1.807, 2.05) is 6.92 Å². The van der Waals surface area contributed by atoms with Gasteiger partial charge in [0.15, 0.2) is 17.6 Å². The van der Waals surface area contributed by atoms with Crippen molar-refractivity contribution in [3.63, 3.8) is 0 Å². The van der Waals surface area contributed by atoms with Gasteiger partial charge >= 0.3 is 0 Å². The number of carbonyl (C=O) groups excluding carboxylic acids is 2. The fraction of sp³-hybridized carbons (Fsp3) is 0.259. The van der Waals surface area contributed by atoms with Gasteiger partial charge in [-0.05, 0) is 72.6 Å². The Hall–Kier alpha value is -3.75. The van der Waals surface area contributed by atoms with Gasteiger partial charge in [0.2, 0.25) is 5.91 Å². The minimum atomic E-state index is -1.02. The maximum Gasteiger partial charge on any atom is 0.266 e. The maximum atomic E-state index is 13.8. The van der Waals surface area contributed by atoms with E-state index in [1.165, 1.54) is 18.1 Å². The highest BCUT2D eigenvalue weighted by Gasteiger charge is 2.60. The Bertz CT molecular complexity index is 1280. The van der Waals surface area contributed by atoms with Crippen molar-refractivity contribution < 1.29 is 29.0 Å². The lowest BCUT2D eigenvalue weighted by Gasteiger charge is -2.29. The molecule has 2 aliphatic rings. The number of rotatable bonds is 7. The van der Waals surface area contributed by atoms with Crippen molar-refractivity contribution in [1.82, 2.24) is 0 Å². The first-order valence-electron chi connectivity index (χ1n) is 11.6. The SMILES string of the molecule is CCCOc1ccc(N2C(=O)[C@H]3[C@H](ON(c4ccc(Cl)cc4)[C@@H]3c3ccc(O)c(OC)c3)C2=O)cc1. The Labute approximate surface area is 213 Å². The number of imide groups is 1. The monoisotopic (exact) mass is 508 g/mol. The summed E-state index contributed by atoms with van der Waals surface area (Å²) in [5, 5.41) is 12.2. The van der Waals surface area contributed by atoms with Crippen LogP contribution in [0.2, 0.25) is 5.02 Å². The van der Waals surface area contributed by atoms with E-state index in [4.69, 9.17) is 25.9 Å². The van der Waals surface area contributed by atoms with Gasteiger partial charge in [0.25, 0.3) is 5.91 Å². The minimum absolute atomic E-state index is 0.0319. The molecule has 2 heterocycles. The van der Waals surface area contributed by atoms with Crippen LogP contribution in [0.25, 0.3) is 0 Å². The van der Waals surface area contributed by atoms with Crippen LogP contribution in [0.5, 0.6) is 17.2 Å². The average molecular weight is 509 g/mol. The molecule has 3 aromatic rings. The zero-order chi connectivity index (χ0) is 25.4. The van der Waals surface area contributed by atoms with E-state index < -0.39 is 24.0 Å². The number of phenolic OH excluding ortho intramolecular Hbond substituents is 1. The fourth-order valence-corrected chi connectivity index (χ4v) is 4.74. The smallest absolute Gasteiger partial charge is 0.266 e. The van der Waals surface area contributed by atoms with Gasteiger partial charge in [-0.25, -0.2) is 9.96 Å². The predicted octanol–water partition coefficient (Wildman–Crippen LogP) is 4.89. The number of methoxy groups -OCH3 is 1. The molecule has 2 aliphatic heterocycles. The number of halogens is 1. The number of hydrogen-bond acceptors (Lipinski definition) is 7. The predicted molar refractivity (Wildman–Crippen MR) is 134 cm³/mol. The summed E-state index contributed by atoms with van der Waals surface area (Å²) in [6.45, 7) is 2.60. The molecule has 0 unspecified atom stereocenters. The molecule has 2 amide bonds. The van der Waals surface area contributed by atoms with E-state index in [-0.39, 0.29) is 17.4 Å². The van der Waals surface area contributed by atoms with Gasteiger partial charge in [0.05, 0.1) is 31.1 Å². The first-order chi connectivity index (χ1) is 17.4. The number of carbonyl (C=O) groups is 2. The van der Waals surface area contributed by atoms with Crippen LogP contribution in [0.4, 0.5) is 11.4 Å². The molecule has 1 N–H and O–H groups in total. The second-order valence-electron chi connectivity index (χ2n) is 8.58. The summed E-state index contributed by atoms with van der Waals surface area (Å²) < 4.78 is 10.9. The Kier molecular flexibility index (Phi) is 6.47. The molecule has 0 bridgehead atoms. The van der Waals surface area contributed by atoms with Gasteiger partial charge in [-0.1, -0.05) is 24.6 Å². The molecule has 0 spiro atoms. The van der Waals surface area contributed by atoms with E-state index in [0.717, 1.165) is 6.42 Å². The van der Waals surface area contributed by atoms with E-state index in [1.54, 1.807) is 65.7 Å². The lowest BCUT2D eigenvalue weighted by Crippen LogP contribution is -2.37. The van der Waals surface area contributed by atoms with Crippen molar-refractivity contribution in [2.45, 2.75) is 25.5 Å². The van der Waals surface area contributed by atoms with Gasteiger partial charge in [-0.2, -0.15) is 0 Å². The zero-order valence-electron chi connectivity index (χ0n) is 19.8. The van der Waals surface area contributed by atoms with Gasteiger partial charge < -0.3 is 14.6 Å². The van der Waals surface area contributed by atoms with Gasteiger partial charge in [0, 0.05) is 5.02 Å². The lowest BCUT2D eigenvalue weighted by atomic mass is 9.90. The average Bonchev–Trinajstić information content (AvgIpc) is 3.39. The van der Waals surface area contributed by atoms with E-state index >= 15 is 0 Å². The summed E-state index contributed by atoms with van der Waals surface area (Å²) in [6.07, 6.45) is -0.145. The van der Waals surface area contributed by atoms with Crippen LogP contribution in [-0.2, 0) is 14.4 Å². The van der Waals surface area contributed by atoms with Crippen LogP contribution >= 0.6 is 11.6 Å². The molecule has 0 aliphatic carbocycles. The number of phenols is 1. The Morgan fingerprint density at radius 3 is 2.33 bits per heavy atom. The van der Waals surface area contributed by atoms with Crippen molar-refractivity contribution in [3.8, 4) is 17.2 Å². The molecule has 0 radical (unpaired) electrons. The van der Waals surface area contributed by atoms with Crippen LogP contribution in [0, 0.1) is 5.92 Å². The molecule has 3 atom stereocenters. The van der Waals surface area contributed by atoms with Crippen molar-refractivity contribution >= 4 is 34.8 Å². The Balaban J connectivity index is 1.52. The summed E-state index contributed by atoms with van der Waals surface area (Å²) in [5.74, 6) is -0.753. The number of anilines is 2. The summed E-state index contributed by atoms with van der Waals surface area (Å²) in [6, 6.07) is 18.0. The molecule has 2 fully saturated rings. The maximum absolute atomic E-state index is 13.8. The third-order valence-corrected chi connectivity index (χ3v) is 6.56. The molecular formula is C27H25ClN2O6. The van der Waals surface area contributed by atoms with Crippen molar-refractivity contribution in [3.05, 3.63) is 77.3 Å². The third kappa shape index (κ3) is 4.12. The summed E-state index contributed by atoms with van der Waals surface area (Å²) >= 11 is 6.07. The zero-order valence-corrected chi connectivity index (χ0v) is 20.5. The molecular weight excluding hydrogens is 484 g/mol. The van der Waals surface area contributed by atoms with Crippen LogP contribution in [0.3, 0.4) is 0 Å². The number of amides is 2. The number of ether oxygens (including phenoxy) is 2. The topological polar surface area (TPSA) is 88.5 Å². The van der Waals surface area contributed by atoms with Crippen LogP contribution in [-0.4, -0.2) is 36.7 Å². The number of nitrogens with zero attached hydrogens (tertiary/aromatic N) is 2. The highest BCUT2D eigenvalue weighted by molar-refractivity contribution is 6.30. The fourth-order valence-electron chi connectivity index (χ4n) is 4.61. The number of fused-ring (bicyclic) bond motifs is 1. The summed E-state index contributed by atoms with van der Waals surface area (Å²) in [4.78, 5) is 34.5. The number of aromatic hydroxyl groups is 1. The molecule has 186 valence electrons. The van der Waals surface area contributed by atoms with Crippen molar-refractivity contribution in [2.24, 2.45) is 5.92 Å². The molecule has 9 heteroatoms. The highest BCUT2D eigenvalue weighted by atomic mass is 35.5. The standard InChI is InChI=1S/C27H25ClN2O6/c1-3-14-35-20-11-9-18(10-12-20)29-26(32)23-24(16-4-13-21(31)22(15-16)34-2)30(36-25(23)27(29)33)19-7-5-17(28)6-8-19/h4-13,15,23-25,31H,3,14H2,1-2H3/t23-,24-,25+/m1/s1. The normalized spacial score (nSPS) is 21.1. The molecule has 36 heavy (non-hydrogen) atoms. The highest BCUT2D eigenvalue weighted by Crippen LogP contribution is 2.48. The lowest BCUT2D eigenvalue weighted by molar-refractivity contribution is -0.126. The summed E-state index contributed by atoms with van der Waals surface area (Å²) in [5.41, 5.74) is 1.74. The second-order valence-corrected chi connectivity index (χ2v) is 9.02. The Morgan fingerprint density at radius 1 is 0.972 bits per heavy atom. The molecule has 5 rings (SSSR count). The van der Waals surface area contributed by atoms with Crippen LogP contribution < -0.4 is 19.4 Å². The van der Waals surface area contributed by atoms with Crippen molar-refractivity contribution in [1.29, 1.82) is 0 Å². The second kappa shape index (κ2) is 9.72. The molecule has 3 aromatic carbocycles. The largest absolute Gasteiger partial charge is 0.504 e.